The van der Waals surface area contributed by atoms with E-state index in [9.17, 15) is 14.7 Å². The maximum atomic E-state index is 13.4. The number of hydrogen-bond acceptors (Lipinski definition) is 10. The summed E-state index contributed by atoms with van der Waals surface area (Å²) in [4.78, 5) is 30.1. The third-order valence-electron chi connectivity index (χ3n) is 9.63. The van der Waals surface area contributed by atoms with Gasteiger partial charge in [0.2, 0.25) is 0 Å². The van der Waals surface area contributed by atoms with Crippen molar-refractivity contribution in [3.8, 4) is 0 Å². The van der Waals surface area contributed by atoms with Crippen LogP contribution in [-0.4, -0.2) is 77.5 Å². The summed E-state index contributed by atoms with van der Waals surface area (Å²) in [7, 11) is 1.63. The number of aliphatic hydroxyl groups is 1. The van der Waals surface area contributed by atoms with Crippen LogP contribution < -0.4 is 0 Å². The third kappa shape index (κ3) is 8.03. The Bertz CT molecular complexity index is 1360. The molecule has 0 radical (unpaired) electrons. The maximum absolute atomic E-state index is 13.4. The number of esters is 2. The molecule has 1 aromatic heterocycles. The summed E-state index contributed by atoms with van der Waals surface area (Å²) in [6, 6.07) is 0. The van der Waals surface area contributed by atoms with Crippen molar-refractivity contribution in [2.75, 3.05) is 7.11 Å². The van der Waals surface area contributed by atoms with Crippen molar-refractivity contribution in [2.45, 2.75) is 116 Å². The Hall–Kier alpha value is -3.05. The molecule has 5 heterocycles. The summed E-state index contributed by atoms with van der Waals surface area (Å²) in [5, 5.41) is 11.4. The third-order valence-corrected chi connectivity index (χ3v) is 9.63. The van der Waals surface area contributed by atoms with Gasteiger partial charge in [-0.1, -0.05) is 44.2 Å². The second-order valence-electron chi connectivity index (χ2n) is 13.3. The highest BCUT2D eigenvalue weighted by Crippen LogP contribution is 2.44. The van der Waals surface area contributed by atoms with Crippen LogP contribution in [0.5, 0.6) is 0 Å². The molecule has 3 saturated heterocycles. The number of methoxy groups -OCH3 is 1. The van der Waals surface area contributed by atoms with Crippen molar-refractivity contribution in [3.05, 3.63) is 59.4 Å². The quantitative estimate of drug-likeness (QED) is 0.190. The Morgan fingerprint density at radius 1 is 1.16 bits per heavy atom. The van der Waals surface area contributed by atoms with E-state index in [2.05, 4.69) is 4.98 Å². The average Bonchev–Trinajstić information content (AvgIpc) is 3.86. The Morgan fingerprint density at radius 2 is 1.91 bits per heavy atom. The lowest BCUT2D eigenvalue weighted by Gasteiger charge is -2.33. The van der Waals surface area contributed by atoms with Crippen LogP contribution in [-0.2, 0) is 33.3 Å². The number of carbonyl (C=O) groups is 2. The molecule has 1 aromatic rings. The van der Waals surface area contributed by atoms with E-state index in [0.29, 0.717) is 25.2 Å². The highest BCUT2D eigenvalue weighted by Gasteiger charge is 2.57. The molecule has 2 unspecified atom stereocenters. The van der Waals surface area contributed by atoms with Gasteiger partial charge in [0.05, 0.1) is 18.3 Å². The number of hydrogen-bond donors (Lipinski definition) is 1. The minimum absolute atomic E-state index is 0.0130. The van der Waals surface area contributed by atoms with Crippen molar-refractivity contribution in [1.29, 1.82) is 0 Å². The van der Waals surface area contributed by atoms with Crippen LogP contribution in [0.3, 0.4) is 0 Å². The molecule has 0 saturated carbocycles. The summed E-state index contributed by atoms with van der Waals surface area (Å²) in [5.41, 5.74) is 1.86. The molecular formula is C35H47NO9. The Labute approximate surface area is 265 Å². The lowest BCUT2D eigenvalue weighted by atomic mass is 9.84. The first-order chi connectivity index (χ1) is 21.4. The van der Waals surface area contributed by atoms with Crippen LogP contribution in [0.15, 0.2) is 52.2 Å². The molecule has 246 valence electrons. The molecule has 45 heavy (non-hydrogen) atoms. The standard InChI is InChI=1S/C35H47NO9/c1-19(13-25-18-41-23(5)36-25)9-8-10-21(3)32(40-7)22(4)27-17-29(37)35(6)30(45-35)12-11-20(2)26-14-24(16-31(38)42-26)15-28-33(43-28)34(39)44-27/h8-13,18,20,22,24,26-30,32-33,37H,14-17H2,1-7H3/b9-8+,12-11+,19-13+,21-10+/t20-,22+,24+,26-,27+,28-,29+,30-,32+,33?,35?/m1/s1. The van der Waals surface area contributed by atoms with E-state index in [4.69, 9.17) is 28.1 Å². The smallest absolute Gasteiger partial charge is 0.338 e. The molecule has 4 aliphatic rings. The second-order valence-corrected chi connectivity index (χ2v) is 13.3. The minimum atomic E-state index is -0.905. The van der Waals surface area contributed by atoms with Gasteiger partial charge in [0.15, 0.2) is 12.0 Å². The van der Waals surface area contributed by atoms with E-state index in [0.717, 1.165) is 16.8 Å². The monoisotopic (exact) mass is 625 g/mol. The zero-order valence-electron chi connectivity index (χ0n) is 27.3. The summed E-state index contributed by atoms with van der Waals surface area (Å²) in [6.45, 7) is 11.6. The summed E-state index contributed by atoms with van der Waals surface area (Å²) in [5.74, 6) is -0.316. The van der Waals surface area contributed by atoms with Gasteiger partial charge >= 0.3 is 11.9 Å². The molecule has 2 bridgehead atoms. The predicted molar refractivity (Wildman–Crippen MR) is 166 cm³/mol. The average molecular weight is 626 g/mol. The lowest BCUT2D eigenvalue weighted by molar-refractivity contribution is -0.159. The largest absolute Gasteiger partial charge is 0.462 e. The Kier molecular flexibility index (Phi) is 10.2. The number of epoxide rings is 2. The van der Waals surface area contributed by atoms with E-state index < -0.39 is 36.0 Å². The molecule has 5 rings (SSSR count). The number of cyclic esters (lactones) is 1. The molecule has 1 N–H and O–H groups in total. The van der Waals surface area contributed by atoms with Crippen LogP contribution >= 0.6 is 0 Å². The molecule has 0 aliphatic carbocycles. The fraction of sp³-hybridized carbons (Fsp3) is 0.629. The second kappa shape index (κ2) is 13.7. The first kappa shape index (κ1) is 33.3. The number of carbonyl (C=O) groups excluding carboxylic acids is 2. The van der Waals surface area contributed by atoms with Gasteiger partial charge in [-0.25, -0.2) is 9.78 Å². The van der Waals surface area contributed by atoms with Gasteiger partial charge in [0.25, 0.3) is 0 Å². The molecule has 3 fully saturated rings. The van der Waals surface area contributed by atoms with Crippen molar-refractivity contribution in [3.63, 3.8) is 0 Å². The first-order valence-electron chi connectivity index (χ1n) is 16.0. The van der Waals surface area contributed by atoms with Crippen molar-refractivity contribution < 1.29 is 42.8 Å². The van der Waals surface area contributed by atoms with Gasteiger partial charge in [-0.05, 0) is 56.8 Å². The van der Waals surface area contributed by atoms with Crippen LogP contribution in [0.1, 0.15) is 71.9 Å². The zero-order valence-corrected chi connectivity index (χ0v) is 27.3. The fourth-order valence-electron chi connectivity index (χ4n) is 6.64. The van der Waals surface area contributed by atoms with Gasteiger partial charge in [0.1, 0.15) is 35.9 Å². The number of allylic oxidation sites excluding steroid dienone is 4. The number of aryl methyl sites for hydroxylation is 1. The molecule has 10 nitrogen and oxygen atoms in total. The van der Waals surface area contributed by atoms with Gasteiger partial charge in [-0.2, -0.15) is 0 Å². The van der Waals surface area contributed by atoms with Gasteiger partial charge in [0, 0.05) is 38.7 Å². The summed E-state index contributed by atoms with van der Waals surface area (Å²) in [6.07, 6.45) is 11.7. The van der Waals surface area contributed by atoms with E-state index in [-0.39, 0.29) is 48.5 Å². The molecule has 0 amide bonds. The molecule has 11 atom stereocenters. The van der Waals surface area contributed by atoms with Crippen LogP contribution in [0.25, 0.3) is 6.08 Å². The van der Waals surface area contributed by atoms with E-state index >= 15 is 0 Å². The first-order valence-corrected chi connectivity index (χ1v) is 16.0. The summed E-state index contributed by atoms with van der Waals surface area (Å²) < 4.78 is 34.7. The molecule has 4 aliphatic heterocycles. The minimum Gasteiger partial charge on any atom is -0.462 e. The van der Waals surface area contributed by atoms with Crippen molar-refractivity contribution in [1.82, 2.24) is 4.98 Å². The van der Waals surface area contributed by atoms with Gasteiger partial charge in [-0.3, -0.25) is 4.79 Å². The number of rotatable bonds is 7. The van der Waals surface area contributed by atoms with E-state index in [1.807, 2.05) is 71.1 Å². The zero-order chi connectivity index (χ0) is 32.5. The van der Waals surface area contributed by atoms with Gasteiger partial charge in [-0.15, -0.1) is 0 Å². The number of fused-ring (bicyclic) bond motifs is 4. The topological polar surface area (TPSA) is 133 Å². The van der Waals surface area contributed by atoms with Crippen molar-refractivity contribution >= 4 is 18.0 Å². The Morgan fingerprint density at radius 3 is 2.62 bits per heavy atom. The van der Waals surface area contributed by atoms with E-state index in [1.165, 1.54) is 0 Å². The normalized spacial score (nSPS) is 38.0. The summed E-state index contributed by atoms with van der Waals surface area (Å²) >= 11 is 0. The number of aromatic nitrogens is 1. The lowest BCUT2D eigenvalue weighted by Crippen LogP contribution is -2.42. The SMILES string of the molecule is CO[C@@H](/C(C)=C/C=C/C(C)=C/c1coc(C)n1)[C@@H](C)[C@@H]1C[C@H](O)C2(C)O[C@@H]2/C=C/[C@@H](C)[C@H]2C[C@H](CC(=O)O2)C[C@H]2OC2C(=O)O1. The Balaban J connectivity index is 1.33. The van der Waals surface area contributed by atoms with Crippen LogP contribution in [0.2, 0.25) is 0 Å². The number of aliphatic hydroxyl groups excluding tert-OH is 1. The maximum Gasteiger partial charge on any atom is 0.338 e. The van der Waals surface area contributed by atoms with Crippen LogP contribution in [0, 0.1) is 24.7 Å². The number of nitrogens with zero attached hydrogens (tertiary/aromatic N) is 1. The predicted octanol–water partition coefficient (Wildman–Crippen LogP) is 5.05. The number of ether oxygens (including phenoxy) is 5. The highest BCUT2D eigenvalue weighted by molar-refractivity contribution is 5.78. The fourth-order valence-corrected chi connectivity index (χ4v) is 6.64. The molecule has 0 spiro atoms. The van der Waals surface area contributed by atoms with Gasteiger partial charge < -0.3 is 33.2 Å². The van der Waals surface area contributed by atoms with E-state index in [1.54, 1.807) is 20.3 Å². The molecule has 10 heteroatoms. The highest BCUT2D eigenvalue weighted by atomic mass is 16.6. The van der Waals surface area contributed by atoms with Crippen molar-refractivity contribution in [2.24, 2.45) is 17.8 Å². The number of oxazole rings is 1. The van der Waals surface area contributed by atoms with Crippen LogP contribution in [0.4, 0.5) is 0 Å². The molecular weight excluding hydrogens is 578 g/mol. The molecule has 0 aromatic carbocycles.